The van der Waals surface area contributed by atoms with E-state index in [0.717, 1.165) is 44.0 Å². The average Bonchev–Trinajstić information content (AvgIpc) is 2.48. The van der Waals surface area contributed by atoms with Gasteiger partial charge in [-0.1, -0.05) is 31.3 Å². The molecule has 2 N–H and O–H groups in total. The topological polar surface area (TPSA) is 47.7 Å². The molecule has 1 aromatic rings. The fourth-order valence-corrected chi connectivity index (χ4v) is 2.39. The van der Waals surface area contributed by atoms with E-state index < -0.39 is 0 Å². The molecule has 1 heterocycles. The zero-order valence-electron chi connectivity index (χ0n) is 11.9. The highest BCUT2D eigenvalue weighted by Gasteiger charge is 2.18. The second kappa shape index (κ2) is 7.57. The van der Waals surface area contributed by atoms with E-state index in [1.54, 1.807) is 0 Å². The van der Waals surface area contributed by atoms with Crippen LogP contribution in [-0.2, 0) is 4.74 Å². The van der Waals surface area contributed by atoms with Crippen LogP contribution >= 0.6 is 12.2 Å². The van der Waals surface area contributed by atoms with Crippen LogP contribution in [0.15, 0.2) is 24.3 Å². The van der Waals surface area contributed by atoms with E-state index in [4.69, 9.17) is 27.4 Å². The first-order chi connectivity index (χ1) is 9.69. The number of benzene rings is 1. The maximum atomic E-state index is 5.77. The molecule has 1 aliphatic heterocycles. The van der Waals surface area contributed by atoms with Gasteiger partial charge in [0.25, 0.3) is 0 Å². The zero-order valence-corrected chi connectivity index (χ0v) is 12.7. The maximum Gasteiger partial charge on any atom is 0.120 e. The van der Waals surface area contributed by atoms with Crippen LogP contribution < -0.4 is 10.5 Å². The highest BCUT2D eigenvalue weighted by Crippen LogP contribution is 2.14. The van der Waals surface area contributed by atoms with E-state index in [-0.39, 0.29) is 0 Å². The molecular formula is C15H22N2O2S. The Hall–Kier alpha value is -1.17. The normalized spacial score (nSPS) is 19.8. The quantitative estimate of drug-likeness (QED) is 0.811. The Balaban J connectivity index is 1.78. The average molecular weight is 294 g/mol. The summed E-state index contributed by atoms with van der Waals surface area (Å²) in [4.78, 5) is 2.78. The summed E-state index contributed by atoms with van der Waals surface area (Å²) in [6.45, 7) is 6.52. The van der Waals surface area contributed by atoms with E-state index in [1.807, 2.05) is 24.3 Å². The van der Waals surface area contributed by atoms with Crippen LogP contribution in [0.3, 0.4) is 0 Å². The number of nitrogens with two attached hydrogens (primary N) is 1. The van der Waals surface area contributed by atoms with Crippen molar-refractivity contribution < 1.29 is 9.47 Å². The number of morpholine rings is 1. The molecule has 110 valence electrons. The van der Waals surface area contributed by atoms with Gasteiger partial charge in [0.2, 0.25) is 0 Å². The van der Waals surface area contributed by atoms with Crippen molar-refractivity contribution in [2.45, 2.75) is 19.4 Å². The minimum Gasteiger partial charge on any atom is -0.492 e. The Bertz CT molecular complexity index is 453. The summed E-state index contributed by atoms with van der Waals surface area (Å²) in [6, 6.07) is 7.61. The molecule has 0 aliphatic carbocycles. The smallest absolute Gasteiger partial charge is 0.120 e. The number of hydrogen-bond acceptors (Lipinski definition) is 4. The lowest BCUT2D eigenvalue weighted by Crippen LogP contribution is -2.43. The van der Waals surface area contributed by atoms with Crippen LogP contribution in [0.5, 0.6) is 5.75 Å². The van der Waals surface area contributed by atoms with E-state index in [2.05, 4.69) is 11.8 Å². The van der Waals surface area contributed by atoms with Gasteiger partial charge < -0.3 is 15.2 Å². The molecule has 0 spiro atoms. The van der Waals surface area contributed by atoms with Crippen molar-refractivity contribution in [3.05, 3.63) is 29.8 Å². The highest BCUT2D eigenvalue weighted by molar-refractivity contribution is 7.80. The molecule has 1 atom stereocenters. The van der Waals surface area contributed by atoms with Crippen LogP contribution in [0.1, 0.15) is 18.9 Å². The van der Waals surface area contributed by atoms with Gasteiger partial charge in [0, 0.05) is 25.2 Å². The Kier molecular flexibility index (Phi) is 5.76. The van der Waals surface area contributed by atoms with Crippen molar-refractivity contribution in [3.8, 4) is 5.75 Å². The molecule has 2 rings (SSSR count). The lowest BCUT2D eigenvalue weighted by Gasteiger charge is -2.32. The van der Waals surface area contributed by atoms with Gasteiger partial charge in [-0.3, -0.25) is 4.90 Å². The minimum absolute atomic E-state index is 0.363. The molecule has 5 heteroatoms. The van der Waals surface area contributed by atoms with Gasteiger partial charge in [0.1, 0.15) is 17.3 Å². The number of ether oxygens (including phenoxy) is 2. The Morgan fingerprint density at radius 2 is 2.40 bits per heavy atom. The van der Waals surface area contributed by atoms with Crippen molar-refractivity contribution in [2.24, 2.45) is 5.73 Å². The molecule has 0 aromatic heterocycles. The highest BCUT2D eigenvalue weighted by atomic mass is 32.1. The van der Waals surface area contributed by atoms with Gasteiger partial charge in [0.05, 0.1) is 12.7 Å². The van der Waals surface area contributed by atoms with E-state index in [1.165, 1.54) is 0 Å². The van der Waals surface area contributed by atoms with Crippen molar-refractivity contribution in [3.63, 3.8) is 0 Å². The van der Waals surface area contributed by atoms with Crippen LogP contribution in [0.25, 0.3) is 0 Å². The molecule has 1 aliphatic rings. The van der Waals surface area contributed by atoms with Crippen LogP contribution in [0.2, 0.25) is 0 Å². The lowest BCUT2D eigenvalue weighted by molar-refractivity contribution is -0.0324. The Labute approximate surface area is 125 Å². The van der Waals surface area contributed by atoms with Gasteiger partial charge in [-0.25, -0.2) is 0 Å². The van der Waals surface area contributed by atoms with E-state index in [9.17, 15) is 0 Å². The molecule has 20 heavy (non-hydrogen) atoms. The molecule has 4 nitrogen and oxygen atoms in total. The zero-order chi connectivity index (χ0) is 14.4. The minimum atomic E-state index is 0.363. The predicted molar refractivity (Wildman–Crippen MR) is 84.3 cm³/mol. The summed E-state index contributed by atoms with van der Waals surface area (Å²) in [5, 5.41) is 0. The van der Waals surface area contributed by atoms with E-state index >= 15 is 0 Å². The number of thiocarbonyl (C=S) groups is 1. The number of nitrogens with zero attached hydrogens (tertiary/aromatic N) is 1. The van der Waals surface area contributed by atoms with Crippen LogP contribution in [0.4, 0.5) is 0 Å². The molecular weight excluding hydrogens is 272 g/mol. The largest absolute Gasteiger partial charge is 0.492 e. The van der Waals surface area contributed by atoms with Crippen molar-refractivity contribution >= 4 is 17.2 Å². The first-order valence-corrected chi connectivity index (χ1v) is 7.46. The molecule has 0 radical (unpaired) electrons. The first kappa shape index (κ1) is 15.2. The lowest BCUT2D eigenvalue weighted by atomic mass is 10.2. The second-order valence-corrected chi connectivity index (χ2v) is 5.38. The van der Waals surface area contributed by atoms with Gasteiger partial charge >= 0.3 is 0 Å². The Morgan fingerprint density at radius 3 is 3.15 bits per heavy atom. The third-order valence-electron chi connectivity index (χ3n) is 3.47. The van der Waals surface area contributed by atoms with Gasteiger partial charge in [0.15, 0.2) is 0 Å². The molecule has 1 unspecified atom stereocenters. The standard InChI is InChI=1S/C15H22N2O2S/c1-2-13-11-17(6-8-18-13)7-9-19-14-5-3-4-12(10-14)15(16)20/h3-5,10,13H,2,6-9,11H2,1H3,(H2,16,20). The third kappa shape index (κ3) is 4.44. The summed E-state index contributed by atoms with van der Waals surface area (Å²) in [5.74, 6) is 0.815. The SMILES string of the molecule is CCC1CN(CCOc2cccc(C(N)=S)c2)CCO1. The molecule has 0 saturated carbocycles. The predicted octanol–water partition coefficient (Wildman–Crippen LogP) is 1.81. The molecule has 1 saturated heterocycles. The number of hydrogen-bond donors (Lipinski definition) is 1. The summed E-state index contributed by atoms with van der Waals surface area (Å²) in [7, 11) is 0. The van der Waals surface area contributed by atoms with Gasteiger partial charge in [-0.15, -0.1) is 0 Å². The van der Waals surface area contributed by atoms with Crippen molar-refractivity contribution in [1.82, 2.24) is 4.90 Å². The molecule has 1 fully saturated rings. The third-order valence-corrected chi connectivity index (χ3v) is 3.71. The van der Waals surface area contributed by atoms with Gasteiger partial charge in [-0.05, 0) is 18.6 Å². The fraction of sp³-hybridized carbons (Fsp3) is 0.533. The molecule has 0 amide bonds. The van der Waals surface area contributed by atoms with Crippen LogP contribution in [-0.4, -0.2) is 48.8 Å². The van der Waals surface area contributed by atoms with E-state index in [0.29, 0.717) is 17.7 Å². The second-order valence-electron chi connectivity index (χ2n) is 4.94. The summed E-state index contributed by atoms with van der Waals surface area (Å²) < 4.78 is 11.4. The fourth-order valence-electron chi connectivity index (χ4n) is 2.26. The molecule has 1 aromatic carbocycles. The monoisotopic (exact) mass is 294 g/mol. The van der Waals surface area contributed by atoms with Gasteiger partial charge in [-0.2, -0.15) is 0 Å². The first-order valence-electron chi connectivity index (χ1n) is 7.05. The van der Waals surface area contributed by atoms with Crippen molar-refractivity contribution in [1.29, 1.82) is 0 Å². The van der Waals surface area contributed by atoms with Crippen molar-refractivity contribution in [2.75, 3.05) is 32.8 Å². The maximum absolute atomic E-state index is 5.77. The van der Waals surface area contributed by atoms with Crippen LogP contribution in [0, 0.1) is 0 Å². The summed E-state index contributed by atoms with van der Waals surface area (Å²) in [5.41, 5.74) is 6.46. The number of rotatable bonds is 6. The summed E-state index contributed by atoms with van der Waals surface area (Å²) in [6.07, 6.45) is 1.43. The Morgan fingerprint density at radius 1 is 1.55 bits per heavy atom. The molecule has 0 bridgehead atoms. The summed E-state index contributed by atoms with van der Waals surface area (Å²) >= 11 is 4.96.